The van der Waals surface area contributed by atoms with Crippen LogP contribution in [-0.4, -0.2) is 61.3 Å². The van der Waals surface area contributed by atoms with E-state index in [1.54, 1.807) is 78.9 Å². The van der Waals surface area contributed by atoms with Crippen molar-refractivity contribution in [2.75, 3.05) is 33.7 Å². The lowest BCUT2D eigenvalue weighted by atomic mass is 9.75. The molecule has 0 N–H and O–H groups in total. The van der Waals surface area contributed by atoms with Gasteiger partial charge in [-0.2, -0.15) is 0 Å². The van der Waals surface area contributed by atoms with Gasteiger partial charge >= 0.3 is 11.9 Å². The van der Waals surface area contributed by atoms with Crippen molar-refractivity contribution in [2.45, 2.75) is 18.4 Å². The number of hydrogen-bond donors (Lipinski definition) is 0. The van der Waals surface area contributed by atoms with E-state index in [4.69, 9.17) is 13.6 Å². The van der Waals surface area contributed by atoms with Crippen molar-refractivity contribution in [2.24, 2.45) is 5.92 Å². The van der Waals surface area contributed by atoms with E-state index in [1.165, 1.54) is 18.0 Å². The minimum atomic E-state index is -2.57. The molecule has 1 fully saturated rings. The van der Waals surface area contributed by atoms with Crippen LogP contribution >= 0.6 is 0 Å². The number of halogens is 3. The first-order valence-corrected chi connectivity index (χ1v) is 14.6. The Balaban J connectivity index is 1.54. The van der Waals surface area contributed by atoms with Crippen molar-refractivity contribution in [3.63, 3.8) is 0 Å². The Morgan fingerprint density at radius 1 is 0.870 bits per heavy atom. The van der Waals surface area contributed by atoms with Crippen molar-refractivity contribution >= 4 is 17.8 Å². The molecule has 0 unspecified atom stereocenters. The molecule has 0 radical (unpaired) electrons. The number of amides is 1. The molecule has 5 rings (SSSR count). The van der Waals surface area contributed by atoms with Crippen LogP contribution in [-0.2, 0) is 21.6 Å². The second-order valence-electron chi connectivity index (χ2n) is 11.1. The summed E-state index contributed by atoms with van der Waals surface area (Å²) in [5, 5.41) is 0. The number of hydrogen-bond acceptors (Lipinski definition) is 6. The third-order valence-electron chi connectivity index (χ3n) is 7.96. The Labute approximate surface area is 269 Å². The summed E-state index contributed by atoms with van der Waals surface area (Å²) in [6.07, 6.45) is -0.625. The number of esters is 2. The monoisotopic (exact) mass is 633 g/mol. The summed E-state index contributed by atoms with van der Waals surface area (Å²) in [6.45, 7) is -2.95. The lowest BCUT2D eigenvalue weighted by Gasteiger charge is -2.48. The van der Waals surface area contributed by atoms with E-state index in [0.29, 0.717) is 23.3 Å². The molecule has 0 saturated carbocycles. The van der Waals surface area contributed by atoms with E-state index in [9.17, 15) is 27.6 Å². The number of benzene rings is 4. The highest BCUT2D eigenvalue weighted by molar-refractivity contribution is 5.91. The minimum Gasteiger partial charge on any atom is -0.450 e. The zero-order chi connectivity index (χ0) is 35.3. The predicted molar refractivity (Wildman–Crippen MR) is 165 cm³/mol. The molecule has 1 aliphatic heterocycles. The molecule has 4 aromatic rings. The average molecular weight is 634 g/mol. The van der Waals surface area contributed by atoms with Gasteiger partial charge in [-0.3, -0.25) is 4.79 Å². The lowest BCUT2D eigenvalue weighted by molar-refractivity contribution is -0.142. The fraction of sp³-hybridized carbons (Fsp3) is 0.250. The van der Waals surface area contributed by atoms with Gasteiger partial charge in [0.05, 0.1) is 17.5 Å². The third-order valence-corrected chi connectivity index (χ3v) is 7.96. The van der Waals surface area contributed by atoms with E-state index in [-0.39, 0.29) is 42.9 Å². The Morgan fingerprint density at radius 2 is 1.52 bits per heavy atom. The summed E-state index contributed by atoms with van der Waals surface area (Å²) in [6, 6.07) is 23.8. The van der Waals surface area contributed by atoms with Crippen LogP contribution in [0.25, 0.3) is 0 Å². The quantitative estimate of drug-likeness (QED) is 0.127. The number of nitrogens with zero attached hydrogens (tertiary/aromatic N) is 2. The highest BCUT2D eigenvalue weighted by Crippen LogP contribution is 2.43. The summed E-state index contributed by atoms with van der Waals surface area (Å²) in [5.41, 5.74) is -0.979. The maximum Gasteiger partial charge on any atom is 0.343 e. The zero-order valence-electron chi connectivity index (χ0n) is 27.9. The number of likely N-dealkylation sites (tertiary alicyclic amines) is 1. The molecule has 10 heteroatoms. The third kappa shape index (κ3) is 7.29. The lowest BCUT2D eigenvalue weighted by Crippen LogP contribution is -2.56. The molecular formula is C36H33F3N2O5. The van der Waals surface area contributed by atoms with Gasteiger partial charge in [0.15, 0.2) is 11.6 Å². The van der Waals surface area contributed by atoms with Gasteiger partial charge in [0.25, 0.3) is 0 Å². The summed E-state index contributed by atoms with van der Waals surface area (Å²) in [4.78, 5) is 42.5. The Hall–Kier alpha value is -4.96. The first-order valence-electron chi connectivity index (χ1n) is 16.1. The Kier molecular flexibility index (Phi) is 8.67. The molecule has 2 atom stereocenters. The normalized spacial score (nSPS) is 19.1. The van der Waals surface area contributed by atoms with E-state index in [0.717, 1.165) is 4.90 Å². The van der Waals surface area contributed by atoms with Crippen molar-refractivity contribution in [3.05, 3.63) is 137 Å². The van der Waals surface area contributed by atoms with E-state index in [1.807, 2.05) is 0 Å². The van der Waals surface area contributed by atoms with Crippen molar-refractivity contribution < 1.29 is 41.1 Å². The second-order valence-corrected chi connectivity index (χ2v) is 11.1. The topological polar surface area (TPSA) is 76.2 Å². The molecule has 0 aliphatic carbocycles. The van der Waals surface area contributed by atoms with E-state index >= 15 is 0 Å². The summed E-state index contributed by atoms with van der Waals surface area (Å²) in [7, 11) is 1.37. The number of rotatable bonds is 9. The van der Waals surface area contributed by atoms with Crippen LogP contribution in [0.5, 0.6) is 5.75 Å². The molecule has 0 aromatic heterocycles. The fourth-order valence-corrected chi connectivity index (χ4v) is 5.68. The van der Waals surface area contributed by atoms with Crippen LogP contribution < -0.4 is 4.74 Å². The average Bonchev–Trinajstić information content (AvgIpc) is 3.08. The predicted octanol–water partition coefficient (Wildman–Crippen LogP) is 6.03. The number of ether oxygens (including phenoxy) is 2. The number of carbonyl (C=O) groups is 3. The molecule has 1 amide bonds. The molecule has 4 aromatic carbocycles. The first-order chi connectivity index (χ1) is 23.3. The molecule has 0 spiro atoms. The van der Waals surface area contributed by atoms with Crippen LogP contribution in [0.15, 0.2) is 97.1 Å². The maximum absolute atomic E-state index is 14.5. The number of piperidine rings is 1. The van der Waals surface area contributed by atoms with E-state index in [2.05, 4.69) is 0 Å². The minimum absolute atomic E-state index is 0.0335. The van der Waals surface area contributed by atoms with Gasteiger partial charge in [-0.1, -0.05) is 48.5 Å². The van der Waals surface area contributed by atoms with Crippen molar-refractivity contribution in [1.82, 2.24) is 9.80 Å². The van der Waals surface area contributed by atoms with Gasteiger partial charge in [0.1, 0.15) is 17.2 Å². The van der Waals surface area contributed by atoms with Crippen molar-refractivity contribution in [1.29, 1.82) is 0 Å². The number of carbonyl (C=O) groups excluding carboxylic acids is 3. The molecule has 1 saturated heterocycles. The molecule has 7 nitrogen and oxygen atoms in total. The largest absolute Gasteiger partial charge is 0.450 e. The van der Waals surface area contributed by atoms with Crippen LogP contribution in [0.2, 0.25) is 0 Å². The fourth-order valence-electron chi connectivity index (χ4n) is 5.68. The van der Waals surface area contributed by atoms with Crippen LogP contribution in [0.4, 0.5) is 13.2 Å². The van der Waals surface area contributed by atoms with E-state index < -0.39 is 60.2 Å². The SMILES string of the molecule is [2H]C([2H])([2H])N(C)C[C@@H]1CN(C(=O)Cc2cc(F)c(F)cc2F)CC[C@@]1(OC(=O)c1ccccc1)c1cccc(OC(=O)c2ccccc2)c1. The van der Waals surface area contributed by atoms with Gasteiger partial charge in [0, 0.05) is 47.7 Å². The first kappa shape index (κ1) is 28.5. The summed E-state index contributed by atoms with van der Waals surface area (Å²) < 4.78 is 78.0. The van der Waals surface area contributed by atoms with Gasteiger partial charge < -0.3 is 19.3 Å². The van der Waals surface area contributed by atoms with Gasteiger partial charge in [-0.15, -0.1) is 0 Å². The zero-order valence-corrected chi connectivity index (χ0v) is 24.9. The molecular weight excluding hydrogens is 597 g/mol. The van der Waals surface area contributed by atoms with Crippen LogP contribution in [0, 0.1) is 23.4 Å². The maximum atomic E-state index is 14.5. The molecule has 1 heterocycles. The highest BCUT2D eigenvalue weighted by atomic mass is 19.2. The molecule has 0 bridgehead atoms. The molecule has 46 heavy (non-hydrogen) atoms. The smallest absolute Gasteiger partial charge is 0.343 e. The molecule has 238 valence electrons. The molecule has 1 aliphatic rings. The second kappa shape index (κ2) is 14.0. The van der Waals surface area contributed by atoms with Crippen LogP contribution in [0.3, 0.4) is 0 Å². The van der Waals surface area contributed by atoms with Crippen LogP contribution in [0.1, 0.15) is 42.4 Å². The van der Waals surface area contributed by atoms with Gasteiger partial charge in [-0.25, -0.2) is 22.8 Å². The Morgan fingerprint density at radius 3 is 2.20 bits per heavy atom. The van der Waals surface area contributed by atoms with Gasteiger partial charge in [-0.05, 0) is 62.1 Å². The highest BCUT2D eigenvalue weighted by Gasteiger charge is 2.49. The Bertz CT molecular complexity index is 1830. The summed E-state index contributed by atoms with van der Waals surface area (Å²) >= 11 is 0. The van der Waals surface area contributed by atoms with Gasteiger partial charge in [0.2, 0.25) is 5.91 Å². The van der Waals surface area contributed by atoms with Crippen molar-refractivity contribution in [3.8, 4) is 5.75 Å². The summed E-state index contributed by atoms with van der Waals surface area (Å²) in [5.74, 6) is -6.50. The standard InChI is InChI=1S/C36H33F3N2O5/c1-40(2)22-28-23-41(33(42)19-26-18-31(38)32(39)21-30(26)37)17-16-36(28,46-35(44)25-12-7-4-8-13-25)27-14-9-15-29(20-27)45-34(43)24-10-5-3-6-11-24/h3-15,18,20-21,28H,16-17,19,22-23H2,1-2H3/t28-,36-/m1/s1/i1D3.